The van der Waals surface area contributed by atoms with Crippen molar-refractivity contribution < 1.29 is 19.0 Å². The van der Waals surface area contributed by atoms with E-state index in [1.807, 2.05) is 0 Å². The summed E-state index contributed by atoms with van der Waals surface area (Å²) >= 11 is 0. The minimum absolute atomic E-state index is 0.0251. The van der Waals surface area contributed by atoms with Gasteiger partial charge in [0, 0.05) is 6.61 Å². The number of rotatable bonds is 6. The highest BCUT2D eigenvalue weighted by atomic mass is 19.1. The number of esters is 1. The zero-order chi connectivity index (χ0) is 13.5. The van der Waals surface area contributed by atoms with E-state index in [0.29, 0.717) is 18.6 Å². The summed E-state index contributed by atoms with van der Waals surface area (Å²) in [5, 5.41) is 8.87. The Kier molecular flexibility index (Phi) is 5.78. The molecule has 1 rings (SSSR count). The van der Waals surface area contributed by atoms with Crippen molar-refractivity contribution in [1.82, 2.24) is 0 Å². The summed E-state index contributed by atoms with van der Waals surface area (Å²) in [6, 6.07) is 4.73. The average molecular weight is 254 g/mol. The number of carbonyl (C=O) groups excluding carboxylic acids is 1. The predicted octanol–water partition coefficient (Wildman–Crippen LogP) is 2.42. The van der Waals surface area contributed by atoms with Crippen LogP contribution in [0.3, 0.4) is 0 Å². The summed E-state index contributed by atoms with van der Waals surface area (Å²) in [7, 11) is 0. The Balaban J connectivity index is 2.80. The van der Waals surface area contributed by atoms with Crippen LogP contribution >= 0.6 is 0 Å². The quantitative estimate of drug-likeness (QED) is 0.793. The number of carbonyl (C=O) groups is 1. The molecule has 0 bridgehead atoms. The molecule has 1 unspecified atom stereocenters. The Morgan fingerprint density at radius 1 is 1.50 bits per heavy atom. The molecule has 0 aliphatic carbocycles. The van der Waals surface area contributed by atoms with Gasteiger partial charge in [0.1, 0.15) is 5.82 Å². The van der Waals surface area contributed by atoms with Crippen LogP contribution in [0.15, 0.2) is 18.2 Å². The Morgan fingerprint density at radius 3 is 2.83 bits per heavy atom. The van der Waals surface area contributed by atoms with Crippen molar-refractivity contribution in [2.45, 2.75) is 32.6 Å². The van der Waals surface area contributed by atoms with E-state index in [9.17, 15) is 9.18 Å². The largest absolute Gasteiger partial charge is 0.466 e. The summed E-state index contributed by atoms with van der Waals surface area (Å²) in [6.45, 7) is 3.89. The molecule has 1 atom stereocenters. The molecule has 0 fully saturated rings. The molecule has 3 nitrogen and oxygen atoms in total. The first-order chi connectivity index (χ1) is 8.58. The first-order valence-corrected chi connectivity index (χ1v) is 6.13. The average Bonchev–Trinajstić information content (AvgIpc) is 2.32. The molecular formula is C14H19FO3. The van der Waals surface area contributed by atoms with Gasteiger partial charge in [-0.15, -0.1) is 0 Å². The zero-order valence-electron chi connectivity index (χ0n) is 10.8. The first-order valence-electron chi connectivity index (χ1n) is 6.13. The van der Waals surface area contributed by atoms with E-state index in [4.69, 9.17) is 9.84 Å². The number of halogens is 1. The first kappa shape index (κ1) is 14.6. The van der Waals surface area contributed by atoms with E-state index in [1.54, 1.807) is 26.0 Å². The van der Waals surface area contributed by atoms with Crippen LogP contribution in [0.25, 0.3) is 0 Å². The summed E-state index contributed by atoms with van der Waals surface area (Å²) in [6.07, 6.45) is 0.646. The van der Waals surface area contributed by atoms with Crippen molar-refractivity contribution in [2.75, 3.05) is 13.2 Å². The maximum Gasteiger partial charge on any atom is 0.306 e. The van der Waals surface area contributed by atoms with Crippen molar-refractivity contribution in [3.63, 3.8) is 0 Å². The van der Waals surface area contributed by atoms with Gasteiger partial charge < -0.3 is 9.84 Å². The maximum absolute atomic E-state index is 13.7. The van der Waals surface area contributed by atoms with Gasteiger partial charge in [0.15, 0.2) is 0 Å². The van der Waals surface area contributed by atoms with Crippen molar-refractivity contribution in [3.8, 4) is 0 Å². The summed E-state index contributed by atoms with van der Waals surface area (Å²) < 4.78 is 18.5. The Morgan fingerprint density at radius 2 is 2.22 bits per heavy atom. The third-order valence-electron chi connectivity index (χ3n) is 2.77. The second-order valence-electron chi connectivity index (χ2n) is 4.24. The molecule has 0 aromatic heterocycles. The second-order valence-corrected chi connectivity index (χ2v) is 4.24. The van der Waals surface area contributed by atoms with Gasteiger partial charge >= 0.3 is 5.97 Å². The Labute approximate surface area is 107 Å². The Bertz CT molecular complexity index is 404. The van der Waals surface area contributed by atoms with Gasteiger partial charge in [-0.3, -0.25) is 4.79 Å². The van der Waals surface area contributed by atoms with Gasteiger partial charge in [-0.05, 0) is 36.5 Å². The van der Waals surface area contributed by atoms with Gasteiger partial charge in [-0.25, -0.2) is 4.39 Å². The third-order valence-corrected chi connectivity index (χ3v) is 2.77. The normalized spacial score (nSPS) is 12.2. The fourth-order valence-corrected chi connectivity index (χ4v) is 1.84. The number of hydrogen-bond donors (Lipinski definition) is 1. The zero-order valence-corrected chi connectivity index (χ0v) is 10.8. The molecule has 0 aliphatic heterocycles. The lowest BCUT2D eigenvalue weighted by molar-refractivity contribution is -0.143. The molecule has 0 heterocycles. The fourth-order valence-electron chi connectivity index (χ4n) is 1.84. The van der Waals surface area contributed by atoms with Gasteiger partial charge in [0.2, 0.25) is 0 Å². The fraction of sp³-hybridized carbons (Fsp3) is 0.500. The van der Waals surface area contributed by atoms with E-state index >= 15 is 0 Å². The number of aliphatic hydroxyl groups is 1. The maximum atomic E-state index is 13.7. The van der Waals surface area contributed by atoms with E-state index in [-0.39, 0.29) is 30.7 Å². The number of hydrogen-bond acceptors (Lipinski definition) is 3. The number of aliphatic hydroxyl groups excluding tert-OH is 1. The van der Waals surface area contributed by atoms with E-state index < -0.39 is 0 Å². The topological polar surface area (TPSA) is 46.5 Å². The molecule has 0 saturated heterocycles. The highest BCUT2D eigenvalue weighted by Gasteiger charge is 2.16. The molecule has 4 heteroatoms. The van der Waals surface area contributed by atoms with Gasteiger partial charge in [-0.1, -0.05) is 19.1 Å². The van der Waals surface area contributed by atoms with Crippen molar-refractivity contribution >= 4 is 5.97 Å². The molecule has 0 saturated carbocycles. The van der Waals surface area contributed by atoms with Crippen LogP contribution in [0.4, 0.5) is 4.39 Å². The van der Waals surface area contributed by atoms with E-state index in [1.165, 1.54) is 6.07 Å². The van der Waals surface area contributed by atoms with Crippen LogP contribution in [-0.4, -0.2) is 24.3 Å². The van der Waals surface area contributed by atoms with Gasteiger partial charge in [0.05, 0.1) is 13.0 Å². The lowest BCUT2D eigenvalue weighted by atomic mass is 9.95. The van der Waals surface area contributed by atoms with Gasteiger partial charge in [0.25, 0.3) is 0 Å². The van der Waals surface area contributed by atoms with E-state index in [0.717, 1.165) is 5.56 Å². The predicted molar refractivity (Wildman–Crippen MR) is 66.9 cm³/mol. The molecule has 0 aliphatic rings. The highest BCUT2D eigenvalue weighted by Crippen LogP contribution is 2.24. The van der Waals surface area contributed by atoms with Crippen molar-refractivity contribution in [1.29, 1.82) is 0 Å². The molecule has 1 N–H and O–H groups in total. The van der Waals surface area contributed by atoms with Crippen molar-refractivity contribution in [3.05, 3.63) is 35.1 Å². The second kappa shape index (κ2) is 7.11. The van der Waals surface area contributed by atoms with Crippen LogP contribution in [0.1, 0.15) is 37.3 Å². The van der Waals surface area contributed by atoms with Crippen LogP contribution in [-0.2, 0) is 16.0 Å². The molecule has 1 aromatic carbocycles. The molecule has 18 heavy (non-hydrogen) atoms. The number of ether oxygens (including phenoxy) is 1. The number of benzene rings is 1. The van der Waals surface area contributed by atoms with Crippen LogP contribution in [0.5, 0.6) is 0 Å². The van der Waals surface area contributed by atoms with Gasteiger partial charge in [-0.2, -0.15) is 0 Å². The minimum Gasteiger partial charge on any atom is -0.466 e. The molecular weight excluding hydrogens is 235 g/mol. The lowest BCUT2D eigenvalue weighted by Gasteiger charge is -2.13. The summed E-state index contributed by atoms with van der Waals surface area (Å²) in [5.74, 6) is -0.881. The molecule has 1 aromatic rings. The van der Waals surface area contributed by atoms with E-state index in [2.05, 4.69) is 0 Å². The monoisotopic (exact) mass is 254 g/mol. The molecule has 100 valence electrons. The lowest BCUT2D eigenvalue weighted by Crippen LogP contribution is -2.10. The Hall–Kier alpha value is -1.42. The molecule has 0 radical (unpaired) electrons. The summed E-state index contributed by atoms with van der Waals surface area (Å²) in [5.41, 5.74) is 1.36. The molecule has 0 spiro atoms. The molecule has 0 amide bonds. The highest BCUT2D eigenvalue weighted by molar-refractivity contribution is 5.70. The minimum atomic E-state index is -0.325. The smallest absolute Gasteiger partial charge is 0.306 e. The van der Waals surface area contributed by atoms with Crippen LogP contribution in [0, 0.1) is 5.82 Å². The summed E-state index contributed by atoms with van der Waals surface area (Å²) in [4.78, 5) is 11.4. The van der Waals surface area contributed by atoms with Crippen LogP contribution in [0.2, 0.25) is 0 Å². The van der Waals surface area contributed by atoms with Crippen LogP contribution < -0.4 is 0 Å². The third kappa shape index (κ3) is 4.11. The standard InChI is InChI=1S/C14H19FO3/c1-3-18-14(17)8-10(2)12-9-11(6-7-16)4-5-13(12)15/h4-5,9-10,16H,3,6-8H2,1-2H3. The SMILES string of the molecule is CCOC(=O)CC(C)c1cc(CCO)ccc1F. The van der Waals surface area contributed by atoms with Crippen molar-refractivity contribution in [2.24, 2.45) is 0 Å².